The summed E-state index contributed by atoms with van der Waals surface area (Å²) in [5, 5.41) is 9.28. The van der Waals surface area contributed by atoms with Gasteiger partial charge >= 0.3 is 0 Å². The zero-order valence-corrected chi connectivity index (χ0v) is 10.4. The van der Waals surface area contributed by atoms with E-state index in [-0.39, 0.29) is 11.6 Å². The molecule has 2 aromatic carbocycles. The molecule has 0 heterocycles. The molecule has 0 saturated carbocycles. The summed E-state index contributed by atoms with van der Waals surface area (Å²) in [7, 11) is 0. The SMILES string of the molecule is Oc1cccc(COc2ccc(F)c(Br)c2)c1. The van der Waals surface area contributed by atoms with Crippen LogP contribution < -0.4 is 4.74 Å². The fourth-order valence-corrected chi connectivity index (χ4v) is 1.74. The normalized spacial score (nSPS) is 10.2. The molecule has 0 spiro atoms. The molecular formula is C13H10BrFO2. The summed E-state index contributed by atoms with van der Waals surface area (Å²) in [6.07, 6.45) is 0. The van der Waals surface area contributed by atoms with Crippen LogP contribution in [0.2, 0.25) is 0 Å². The second-order valence-electron chi connectivity index (χ2n) is 3.53. The molecule has 0 aliphatic rings. The Morgan fingerprint density at radius 2 is 2.00 bits per heavy atom. The van der Waals surface area contributed by atoms with Gasteiger partial charge in [0.2, 0.25) is 0 Å². The molecular weight excluding hydrogens is 287 g/mol. The molecule has 0 atom stereocenters. The van der Waals surface area contributed by atoms with E-state index in [4.69, 9.17) is 4.74 Å². The lowest BCUT2D eigenvalue weighted by molar-refractivity contribution is 0.304. The monoisotopic (exact) mass is 296 g/mol. The summed E-state index contributed by atoms with van der Waals surface area (Å²) in [4.78, 5) is 0. The minimum absolute atomic E-state index is 0.200. The van der Waals surface area contributed by atoms with Gasteiger partial charge in [-0.15, -0.1) is 0 Å². The maximum Gasteiger partial charge on any atom is 0.137 e. The first-order chi connectivity index (χ1) is 8.15. The van der Waals surface area contributed by atoms with Crippen molar-refractivity contribution in [2.45, 2.75) is 6.61 Å². The van der Waals surface area contributed by atoms with Gasteiger partial charge in [0.25, 0.3) is 0 Å². The van der Waals surface area contributed by atoms with Crippen LogP contribution in [-0.2, 0) is 6.61 Å². The van der Waals surface area contributed by atoms with E-state index >= 15 is 0 Å². The molecule has 0 saturated heterocycles. The number of halogens is 2. The van der Waals surface area contributed by atoms with Crippen molar-refractivity contribution >= 4 is 15.9 Å². The largest absolute Gasteiger partial charge is 0.508 e. The van der Waals surface area contributed by atoms with Crippen molar-refractivity contribution in [1.29, 1.82) is 0 Å². The Morgan fingerprint density at radius 1 is 1.18 bits per heavy atom. The molecule has 0 fully saturated rings. The third kappa shape index (κ3) is 3.20. The molecule has 0 radical (unpaired) electrons. The standard InChI is InChI=1S/C13H10BrFO2/c14-12-7-11(4-5-13(12)15)17-8-9-2-1-3-10(16)6-9/h1-7,16H,8H2. The van der Waals surface area contributed by atoms with E-state index in [0.717, 1.165) is 5.56 Å². The van der Waals surface area contributed by atoms with Crippen molar-refractivity contribution in [3.63, 3.8) is 0 Å². The molecule has 0 bridgehead atoms. The lowest BCUT2D eigenvalue weighted by atomic mass is 10.2. The maximum atomic E-state index is 13.0. The number of phenolic OH excluding ortho intramolecular Hbond substituents is 1. The molecule has 0 aliphatic carbocycles. The molecule has 2 aromatic rings. The Morgan fingerprint density at radius 3 is 2.71 bits per heavy atom. The number of hydrogen-bond acceptors (Lipinski definition) is 2. The lowest BCUT2D eigenvalue weighted by Crippen LogP contribution is -1.95. The lowest BCUT2D eigenvalue weighted by Gasteiger charge is -2.07. The van der Waals surface area contributed by atoms with E-state index in [2.05, 4.69) is 15.9 Å². The second-order valence-corrected chi connectivity index (χ2v) is 4.39. The van der Waals surface area contributed by atoms with Gasteiger partial charge in [-0.25, -0.2) is 4.39 Å². The summed E-state index contributed by atoms with van der Waals surface area (Å²) in [6, 6.07) is 11.3. The summed E-state index contributed by atoms with van der Waals surface area (Å²) < 4.78 is 18.8. The summed E-state index contributed by atoms with van der Waals surface area (Å²) in [6.45, 7) is 0.326. The molecule has 0 aromatic heterocycles. The van der Waals surface area contributed by atoms with Crippen molar-refractivity contribution in [3.8, 4) is 11.5 Å². The van der Waals surface area contributed by atoms with E-state index in [1.807, 2.05) is 6.07 Å². The maximum absolute atomic E-state index is 13.0. The predicted molar refractivity (Wildman–Crippen MR) is 66.5 cm³/mol. The molecule has 17 heavy (non-hydrogen) atoms. The Bertz CT molecular complexity index is 529. The minimum Gasteiger partial charge on any atom is -0.508 e. The van der Waals surface area contributed by atoms with Crippen LogP contribution in [-0.4, -0.2) is 5.11 Å². The number of phenols is 1. The number of ether oxygens (including phenoxy) is 1. The Hall–Kier alpha value is -1.55. The van der Waals surface area contributed by atoms with Crippen molar-refractivity contribution < 1.29 is 14.2 Å². The van der Waals surface area contributed by atoms with Crippen LogP contribution in [0.25, 0.3) is 0 Å². The van der Waals surface area contributed by atoms with Crippen LogP contribution in [0.1, 0.15) is 5.56 Å². The van der Waals surface area contributed by atoms with Crippen LogP contribution in [0.3, 0.4) is 0 Å². The van der Waals surface area contributed by atoms with Gasteiger partial charge in [0.05, 0.1) is 4.47 Å². The number of benzene rings is 2. The highest BCUT2D eigenvalue weighted by Gasteiger charge is 2.02. The summed E-state index contributed by atoms with van der Waals surface area (Å²) >= 11 is 3.09. The Kier molecular flexibility index (Phi) is 3.64. The molecule has 0 aliphatic heterocycles. The van der Waals surface area contributed by atoms with Gasteiger partial charge in [-0.3, -0.25) is 0 Å². The third-order valence-corrected chi connectivity index (χ3v) is 2.81. The van der Waals surface area contributed by atoms with Gasteiger partial charge in [0.1, 0.15) is 23.9 Å². The van der Waals surface area contributed by atoms with Gasteiger partial charge in [-0.1, -0.05) is 12.1 Å². The molecule has 4 heteroatoms. The third-order valence-electron chi connectivity index (χ3n) is 2.21. The number of rotatable bonds is 3. The zero-order valence-electron chi connectivity index (χ0n) is 8.86. The Balaban J connectivity index is 2.05. The molecule has 88 valence electrons. The van der Waals surface area contributed by atoms with Gasteiger partial charge in [0.15, 0.2) is 0 Å². The smallest absolute Gasteiger partial charge is 0.137 e. The highest BCUT2D eigenvalue weighted by Crippen LogP contribution is 2.22. The fourth-order valence-electron chi connectivity index (χ4n) is 1.38. The minimum atomic E-state index is -0.324. The fraction of sp³-hybridized carbons (Fsp3) is 0.0769. The molecule has 0 unspecified atom stereocenters. The molecule has 1 N–H and O–H groups in total. The van der Waals surface area contributed by atoms with Crippen LogP contribution in [0.15, 0.2) is 46.9 Å². The van der Waals surface area contributed by atoms with Crippen LogP contribution >= 0.6 is 15.9 Å². The van der Waals surface area contributed by atoms with Crippen LogP contribution in [0.5, 0.6) is 11.5 Å². The summed E-state index contributed by atoms with van der Waals surface area (Å²) in [5.74, 6) is 0.447. The zero-order chi connectivity index (χ0) is 12.3. The predicted octanol–water partition coefficient (Wildman–Crippen LogP) is 3.87. The number of aromatic hydroxyl groups is 1. The van der Waals surface area contributed by atoms with Gasteiger partial charge in [-0.05, 0) is 51.8 Å². The second kappa shape index (κ2) is 5.19. The molecule has 0 amide bonds. The van der Waals surface area contributed by atoms with Crippen molar-refractivity contribution in [1.82, 2.24) is 0 Å². The number of hydrogen-bond donors (Lipinski definition) is 1. The Labute approximate surface area is 107 Å². The van der Waals surface area contributed by atoms with E-state index in [9.17, 15) is 9.50 Å². The average Bonchev–Trinajstić information content (AvgIpc) is 2.31. The van der Waals surface area contributed by atoms with Crippen molar-refractivity contribution in [2.75, 3.05) is 0 Å². The quantitative estimate of drug-likeness (QED) is 0.931. The molecule has 2 rings (SSSR count). The van der Waals surface area contributed by atoms with E-state index in [1.165, 1.54) is 6.07 Å². The first-order valence-corrected chi connectivity index (χ1v) is 5.80. The van der Waals surface area contributed by atoms with E-state index < -0.39 is 0 Å². The van der Waals surface area contributed by atoms with Crippen molar-refractivity contribution in [2.24, 2.45) is 0 Å². The highest BCUT2D eigenvalue weighted by atomic mass is 79.9. The van der Waals surface area contributed by atoms with Gasteiger partial charge in [0, 0.05) is 0 Å². The molecule has 2 nitrogen and oxygen atoms in total. The summed E-state index contributed by atoms with van der Waals surface area (Å²) in [5.41, 5.74) is 0.852. The van der Waals surface area contributed by atoms with E-state index in [1.54, 1.807) is 30.3 Å². The first-order valence-electron chi connectivity index (χ1n) is 5.01. The topological polar surface area (TPSA) is 29.5 Å². The van der Waals surface area contributed by atoms with Crippen LogP contribution in [0, 0.1) is 5.82 Å². The highest BCUT2D eigenvalue weighted by molar-refractivity contribution is 9.10. The average molecular weight is 297 g/mol. The van der Waals surface area contributed by atoms with Gasteiger partial charge in [-0.2, -0.15) is 0 Å². The first kappa shape index (κ1) is 11.9. The van der Waals surface area contributed by atoms with Crippen molar-refractivity contribution in [3.05, 3.63) is 58.3 Å². The van der Waals surface area contributed by atoms with Gasteiger partial charge < -0.3 is 9.84 Å². The van der Waals surface area contributed by atoms with E-state index in [0.29, 0.717) is 16.8 Å². The van der Waals surface area contributed by atoms with Crippen LogP contribution in [0.4, 0.5) is 4.39 Å².